The third-order valence-electron chi connectivity index (χ3n) is 5.04. The second-order valence-electron chi connectivity index (χ2n) is 7.50. The zero-order valence-corrected chi connectivity index (χ0v) is 15.5. The summed E-state index contributed by atoms with van der Waals surface area (Å²) in [5.74, 6) is -2.71. The Labute approximate surface area is 162 Å². The van der Waals surface area contributed by atoms with Crippen LogP contribution in [0.2, 0.25) is 0 Å². The number of hydrogen-bond acceptors (Lipinski definition) is 6. The molecule has 0 unspecified atom stereocenters. The van der Waals surface area contributed by atoms with Crippen LogP contribution in [0.5, 0.6) is 5.75 Å². The number of fused-ring (bicyclic) bond motifs is 1. The normalized spacial score (nSPS) is 21.0. The summed E-state index contributed by atoms with van der Waals surface area (Å²) in [6.07, 6.45) is -4.80. The molecule has 1 fully saturated rings. The third kappa shape index (κ3) is 3.43. The molecule has 0 aliphatic carbocycles. The maximum Gasteiger partial charge on any atom is 0.471 e. The van der Waals surface area contributed by atoms with Gasteiger partial charge in [0.2, 0.25) is 11.7 Å². The van der Waals surface area contributed by atoms with Gasteiger partial charge in [0.25, 0.3) is 0 Å². The summed E-state index contributed by atoms with van der Waals surface area (Å²) in [5.41, 5.74) is -0.546. The van der Waals surface area contributed by atoms with Gasteiger partial charge in [-0.1, -0.05) is 5.16 Å². The summed E-state index contributed by atoms with van der Waals surface area (Å²) in [4.78, 5) is 17.7. The summed E-state index contributed by atoms with van der Waals surface area (Å²) < 4.78 is 67.9. The highest BCUT2D eigenvalue weighted by molar-refractivity contribution is 5.84. The smallest absolute Gasteiger partial charge is 0.471 e. The summed E-state index contributed by atoms with van der Waals surface area (Å²) in [7, 11) is 0. The number of benzene rings is 1. The maximum absolute atomic E-state index is 14.8. The summed E-state index contributed by atoms with van der Waals surface area (Å²) in [6, 6.07) is 2.01. The quantitative estimate of drug-likeness (QED) is 0.702. The van der Waals surface area contributed by atoms with E-state index in [-0.39, 0.29) is 42.0 Å². The van der Waals surface area contributed by atoms with Gasteiger partial charge >= 0.3 is 12.1 Å². The largest absolute Gasteiger partial charge is 0.491 e. The molecule has 1 aromatic heterocycles. The molecule has 0 radical (unpaired) electrons. The molecule has 2 aromatic rings. The van der Waals surface area contributed by atoms with Gasteiger partial charge in [-0.25, -0.2) is 4.39 Å². The molecule has 0 spiro atoms. The molecule has 3 heterocycles. The van der Waals surface area contributed by atoms with E-state index in [4.69, 9.17) is 9.47 Å². The topological polar surface area (TPSA) is 77.7 Å². The average molecular weight is 415 g/mol. The Kier molecular flexibility index (Phi) is 4.52. The number of carbonyl (C=O) groups excluding carboxylic acids is 1. The van der Waals surface area contributed by atoms with E-state index in [0.29, 0.717) is 13.2 Å². The molecule has 1 atom stereocenters. The van der Waals surface area contributed by atoms with E-state index >= 15 is 0 Å². The number of carbonyl (C=O) groups is 1. The summed E-state index contributed by atoms with van der Waals surface area (Å²) in [6.45, 7) is 4.22. The predicted molar refractivity (Wildman–Crippen MR) is 89.1 cm³/mol. The van der Waals surface area contributed by atoms with Crippen LogP contribution in [0.3, 0.4) is 0 Å². The van der Waals surface area contributed by atoms with Crippen LogP contribution >= 0.6 is 0 Å². The van der Waals surface area contributed by atoms with E-state index in [2.05, 4.69) is 14.7 Å². The first-order valence-electron chi connectivity index (χ1n) is 8.84. The summed E-state index contributed by atoms with van der Waals surface area (Å²) >= 11 is 0. The van der Waals surface area contributed by atoms with Crippen LogP contribution in [-0.2, 0) is 22.3 Å². The monoisotopic (exact) mass is 415 g/mol. The number of rotatable bonds is 2. The van der Waals surface area contributed by atoms with Gasteiger partial charge in [-0.05, 0) is 26.0 Å². The zero-order valence-electron chi connectivity index (χ0n) is 15.5. The number of hydrogen-bond donors (Lipinski definition) is 0. The van der Waals surface area contributed by atoms with Crippen LogP contribution in [0.15, 0.2) is 16.7 Å². The first kappa shape index (κ1) is 19.6. The standard InChI is InChI=1S/C18H17F4N3O4/c1-9-6-28-13-4-10(14-23-15(29-24-14)18(20,21)22)3-12(19)11(13)5-25(9)16(26)17(2)7-27-8-17/h3-4,9H,5-8H2,1-2H3/t9-/m0/s1. The van der Waals surface area contributed by atoms with Crippen LogP contribution in [0, 0.1) is 11.2 Å². The van der Waals surface area contributed by atoms with E-state index in [9.17, 15) is 22.4 Å². The first-order chi connectivity index (χ1) is 13.6. The highest BCUT2D eigenvalue weighted by Crippen LogP contribution is 2.36. The van der Waals surface area contributed by atoms with Crippen molar-refractivity contribution in [2.75, 3.05) is 19.8 Å². The molecule has 0 N–H and O–H groups in total. The molecule has 7 nitrogen and oxygen atoms in total. The van der Waals surface area contributed by atoms with Crippen molar-refractivity contribution in [2.45, 2.75) is 32.6 Å². The zero-order chi connectivity index (χ0) is 21.0. The molecule has 156 valence electrons. The second kappa shape index (κ2) is 6.68. The molecule has 11 heteroatoms. The molecule has 29 heavy (non-hydrogen) atoms. The Hall–Kier alpha value is -2.69. The van der Waals surface area contributed by atoms with Gasteiger partial charge in [0.1, 0.15) is 18.2 Å². The first-order valence-corrected chi connectivity index (χ1v) is 8.84. The lowest BCUT2D eigenvalue weighted by Crippen LogP contribution is -2.55. The van der Waals surface area contributed by atoms with Gasteiger partial charge in [0.15, 0.2) is 0 Å². The van der Waals surface area contributed by atoms with Crippen LogP contribution in [0.4, 0.5) is 17.6 Å². The fourth-order valence-electron chi connectivity index (χ4n) is 3.26. The fraction of sp³-hybridized carbons (Fsp3) is 0.500. The Bertz CT molecular complexity index is 955. The Morgan fingerprint density at radius 2 is 2.03 bits per heavy atom. The van der Waals surface area contributed by atoms with Crippen molar-refractivity contribution < 1.29 is 36.4 Å². The van der Waals surface area contributed by atoms with Crippen molar-refractivity contribution in [3.8, 4) is 17.1 Å². The maximum atomic E-state index is 14.8. The molecule has 4 rings (SSSR count). The van der Waals surface area contributed by atoms with Gasteiger partial charge in [0.05, 0.1) is 31.2 Å². The minimum absolute atomic E-state index is 0.0210. The molecule has 2 aliphatic heterocycles. The van der Waals surface area contributed by atoms with Crippen molar-refractivity contribution in [3.05, 3.63) is 29.4 Å². The van der Waals surface area contributed by atoms with Crippen LogP contribution < -0.4 is 4.74 Å². The van der Waals surface area contributed by atoms with E-state index in [0.717, 1.165) is 6.07 Å². The fourth-order valence-corrected chi connectivity index (χ4v) is 3.26. The average Bonchev–Trinajstić information content (AvgIpc) is 3.07. The van der Waals surface area contributed by atoms with Crippen molar-refractivity contribution in [1.82, 2.24) is 15.0 Å². The Morgan fingerprint density at radius 3 is 2.62 bits per heavy atom. The highest BCUT2D eigenvalue weighted by atomic mass is 19.4. The second-order valence-corrected chi connectivity index (χ2v) is 7.50. The third-order valence-corrected chi connectivity index (χ3v) is 5.04. The van der Waals surface area contributed by atoms with Crippen LogP contribution in [0.1, 0.15) is 25.3 Å². The van der Waals surface area contributed by atoms with E-state index in [1.807, 2.05) is 0 Å². The molecule has 1 amide bonds. The minimum atomic E-state index is -4.80. The van der Waals surface area contributed by atoms with E-state index in [1.165, 1.54) is 11.0 Å². The van der Waals surface area contributed by atoms with Crippen LogP contribution in [-0.4, -0.2) is 46.8 Å². The van der Waals surface area contributed by atoms with Gasteiger partial charge in [-0.2, -0.15) is 18.2 Å². The Morgan fingerprint density at radius 1 is 1.31 bits per heavy atom. The number of amides is 1. The van der Waals surface area contributed by atoms with Crippen LogP contribution in [0.25, 0.3) is 11.4 Å². The lowest BCUT2D eigenvalue weighted by Gasteiger charge is -2.41. The number of ether oxygens (including phenoxy) is 2. The number of aromatic nitrogens is 2. The number of halogens is 4. The van der Waals surface area contributed by atoms with Gasteiger partial charge < -0.3 is 18.9 Å². The van der Waals surface area contributed by atoms with Crippen molar-refractivity contribution in [2.24, 2.45) is 5.41 Å². The molecule has 0 saturated carbocycles. The molecule has 0 bridgehead atoms. The summed E-state index contributed by atoms with van der Waals surface area (Å²) in [5, 5.41) is 3.27. The molecule has 2 aliphatic rings. The van der Waals surface area contributed by atoms with Crippen molar-refractivity contribution >= 4 is 5.91 Å². The molecular weight excluding hydrogens is 398 g/mol. The molecule has 1 aromatic carbocycles. The van der Waals surface area contributed by atoms with Gasteiger partial charge in [-0.15, -0.1) is 0 Å². The minimum Gasteiger partial charge on any atom is -0.491 e. The molecule has 1 saturated heterocycles. The predicted octanol–water partition coefficient (Wildman–Crippen LogP) is 3.04. The lowest BCUT2D eigenvalue weighted by molar-refractivity contribution is -0.171. The van der Waals surface area contributed by atoms with E-state index < -0.39 is 29.1 Å². The van der Waals surface area contributed by atoms with Crippen molar-refractivity contribution in [1.29, 1.82) is 0 Å². The number of alkyl halides is 3. The Balaban J connectivity index is 1.66. The van der Waals surface area contributed by atoms with Gasteiger partial charge in [-0.3, -0.25) is 4.79 Å². The SMILES string of the molecule is C[C@H]1COc2cc(-c3noc(C(F)(F)F)n3)cc(F)c2CN1C(=O)C1(C)COC1. The van der Waals surface area contributed by atoms with Crippen molar-refractivity contribution in [3.63, 3.8) is 0 Å². The van der Waals surface area contributed by atoms with Gasteiger partial charge in [0, 0.05) is 11.1 Å². The van der Waals surface area contributed by atoms with E-state index in [1.54, 1.807) is 13.8 Å². The highest BCUT2D eigenvalue weighted by Gasteiger charge is 2.45. The molecular formula is C18H17F4N3O4. The number of nitrogens with zero attached hydrogens (tertiary/aromatic N) is 3. The lowest BCUT2D eigenvalue weighted by atomic mass is 9.86.